The molecule has 0 spiro atoms. The Morgan fingerprint density at radius 1 is 1.50 bits per heavy atom. The summed E-state index contributed by atoms with van der Waals surface area (Å²) in [6, 6.07) is 0.574. The molecule has 2 fully saturated rings. The van der Waals surface area contributed by atoms with Gasteiger partial charge in [0.2, 0.25) is 5.91 Å². The maximum atomic E-state index is 12.0. The maximum absolute atomic E-state index is 12.0. The number of thioether (sulfide) groups is 1. The van der Waals surface area contributed by atoms with E-state index in [0.29, 0.717) is 24.3 Å². The van der Waals surface area contributed by atoms with Crippen LogP contribution in [0.4, 0.5) is 0 Å². The summed E-state index contributed by atoms with van der Waals surface area (Å²) in [6.45, 7) is 4.46. The van der Waals surface area contributed by atoms with Gasteiger partial charge in [-0.05, 0) is 18.6 Å². The highest BCUT2D eigenvalue weighted by atomic mass is 32.2. The van der Waals surface area contributed by atoms with Gasteiger partial charge >= 0.3 is 0 Å². The van der Waals surface area contributed by atoms with E-state index in [1.807, 2.05) is 11.8 Å². The zero-order chi connectivity index (χ0) is 12.8. The minimum atomic E-state index is 0.173. The fraction of sp³-hybridized carbons (Fsp3) is 0.923. The standard InChI is InChI=1S/C13H24N2O2S/c1-2-18-12-5-3-4-11(12)15-13(16)8-10-9-17-7-6-14-10/h10-12,14H,2-9H2,1H3,(H,15,16). The van der Waals surface area contributed by atoms with E-state index in [9.17, 15) is 4.79 Å². The molecule has 1 saturated carbocycles. The Hall–Kier alpha value is -0.260. The molecule has 3 atom stereocenters. The minimum Gasteiger partial charge on any atom is -0.378 e. The number of carbonyl (C=O) groups excluding carboxylic acids is 1. The van der Waals surface area contributed by atoms with Gasteiger partial charge in [-0.2, -0.15) is 11.8 Å². The average Bonchev–Trinajstić information content (AvgIpc) is 2.78. The van der Waals surface area contributed by atoms with Crippen molar-refractivity contribution < 1.29 is 9.53 Å². The van der Waals surface area contributed by atoms with Crippen LogP contribution in [0.5, 0.6) is 0 Å². The summed E-state index contributed by atoms with van der Waals surface area (Å²) in [6.07, 6.45) is 4.17. The molecule has 0 radical (unpaired) electrons. The predicted molar refractivity (Wildman–Crippen MR) is 74.9 cm³/mol. The summed E-state index contributed by atoms with van der Waals surface area (Å²) in [4.78, 5) is 12.0. The summed E-state index contributed by atoms with van der Waals surface area (Å²) < 4.78 is 5.37. The first kappa shape index (κ1) is 14.2. The molecule has 3 unspecified atom stereocenters. The number of carbonyl (C=O) groups is 1. The van der Waals surface area contributed by atoms with Crippen LogP contribution in [0.1, 0.15) is 32.6 Å². The van der Waals surface area contributed by atoms with Crippen LogP contribution in [0.15, 0.2) is 0 Å². The van der Waals surface area contributed by atoms with Crippen molar-refractivity contribution in [1.29, 1.82) is 0 Å². The Morgan fingerprint density at radius 3 is 3.11 bits per heavy atom. The van der Waals surface area contributed by atoms with Crippen LogP contribution in [0, 0.1) is 0 Å². The third-order valence-electron chi connectivity index (χ3n) is 3.61. The van der Waals surface area contributed by atoms with E-state index in [4.69, 9.17) is 4.74 Å². The van der Waals surface area contributed by atoms with Crippen LogP contribution in [-0.4, -0.2) is 48.8 Å². The van der Waals surface area contributed by atoms with Gasteiger partial charge in [-0.15, -0.1) is 0 Å². The largest absolute Gasteiger partial charge is 0.378 e. The van der Waals surface area contributed by atoms with Crippen LogP contribution in [-0.2, 0) is 9.53 Å². The molecule has 0 aromatic rings. The van der Waals surface area contributed by atoms with Crippen molar-refractivity contribution in [1.82, 2.24) is 10.6 Å². The zero-order valence-electron chi connectivity index (χ0n) is 11.1. The highest BCUT2D eigenvalue weighted by Gasteiger charge is 2.29. The topological polar surface area (TPSA) is 50.4 Å². The van der Waals surface area contributed by atoms with Gasteiger partial charge in [0.25, 0.3) is 0 Å². The van der Waals surface area contributed by atoms with Gasteiger partial charge < -0.3 is 15.4 Å². The number of amides is 1. The molecule has 2 aliphatic rings. The Bertz CT molecular complexity index is 270. The maximum Gasteiger partial charge on any atom is 0.221 e. The molecule has 2 rings (SSSR count). The Kier molecular flexibility index (Phi) is 5.79. The number of hydrogen-bond acceptors (Lipinski definition) is 4. The fourth-order valence-electron chi connectivity index (χ4n) is 2.75. The number of morpholine rings is 1. The summed E-state index contributed by atoms with van der Waals surface area (Å²) in [7, 11) is 0. The van der Waals surface area contributed by atoms with E-state index >= 15 is 0 Å². The quantitative estimate of drug-likeness (QED) is 0.788. The molecule has 0 aromatic heterocycles. The lowest BCUT2D eigenvalue weighted by Crippen LogP contribution is -2.46. The third kappa shape index (κ3) is 4.14. The first-order chi connectivity index (χ1) is 8.79. The normalized spacial score (nSPS) is 32.4. The first-order valence-corrected chi connectivity index (χ1v) is 8.06. The van der Waals surface area contributed by atoms with Gasteiger partial charge in [-0.1, -0.05) is 13.3 Å². The van der Waals surface area contributed by atoms with E-state index in [2.05, 4.69) is 17.6 Å². The molecule has 1 amide bonds. The number of rotatable bonds is 5. The highest BCUT2D eigenvalue weighted by molar-refractivity contribution is 7.99. The molecule has 4 nitrogen and oxygen atoms in total. The smallest absolute Gasteiger partial charge is 0.221 e. The molecule has 1 saturated heterocycles. The first-order valence-electron chi connectivity index (χ1n) is 7.01. The lowest BCUT2D eigenvalue weighted by molar-refractivity contribution is -0.122. The predicted octanol–water partition coefficient (Wildman–Crippen LogP) is 1.16. The van der Waals surface area contributed by atoms with E-state index < -0.39 is 0 Å². The second-order valence-corrected chi connectivity index (χ2v) is 6.54. The van der Waals surface area contributed by atoms with Gasteiger partial charge in [0.15, 0.2) is 0 Å². The Balaban J connectivity index is 1.72. The van der Waals surface area contributed by atoms with Crippen LogP contribution in [0.2, 0.25) is 0 Å². The molecule has 0 aromatic carbocycles. The van der Waals surface area contributed by atoms with Crippen molar-refractivity contribution in [3.05, 3.63) is 0 Å². The van der Waals surface area contributed by atoms with Gasteiger partial charge in [-0.3, -0.25) is 4.79 Å². The summed E-state index contributed by atoms with van der Waals surface area (Å²) in [5.74, 6) is 1.31. The fourth-order valence-corrected chi connectivity index (χ4v) is 3.94. The minimum absolute atomic E-state index is 0.173. The van der Waals surface area contributed by atoms with Crippen LogP contribution >= 0.6 is 11.8 Å². The van der Waals surface area contributed by atoms with Gasteiger partial charge in [-0.25, -0.2) is 0 Å². The molecule has 0 bridgehead atoms. The molecule has 1 heterocycles. The Morgan fingerprint density at radius 2 is 2.39 bits per heavy atom. The summed E-state index contributed by atoms with van der Waals surface area (Å²) in [5.41, 5.74) is 0. The number of nitrogens with one attached hydrogen (secondary N) is 2. The zero-order valence-corrected chi connectivity index (χ0v) is 11.9. The van der Waals surface area contributed by atoms with E-state index in [1.165, 1.54) is 12.8 Å². The van der Waals surface area contributed by atoms with Crippen molar-refractivity contribution in [2.24, 2.45) is 0 Å². The SMILES string of the molecule is CCSC1CCCC1NC(=O)CC1COCCN1. The lowest BCUT2D eigenvalue weighted by atomic mass is 10.1. The molecule has 1 aliphatic heterocycles. The second-order valence-electron chi connectivity index (χ2n) is 5.03. The molecule has 104 valence electrons. The van der Waals surface area contributed by atoms with Crippen molar-refractivity contribution in [2.75, 3.05) is 25.5 Å². The van der Waals surface area contributed by atoms with Crippen molar-refractivity contribution >= 4 is 17.7 Å². The number of ether oxygens (including phenoxy) is 1. The van der Waals surface area contributed by atoms with Crippen molar-refractivity contribution in [3.63, 3.8) is 0 Å². The van der Waals surface area contributed by atoms with Gasteiger partial charge in [0.05, 0.1) is 13.2 Å². The summed E-state index contributed by atoms with van der Waals surface area (Å²) >= 11 is 1.98. The molecule has 18 heavy (non-hydrogen) atoms. The van der Waals surface area contributed by atoms with Gasteiger partial charge in [0, 0.05) is 30.3 Å². The molecule has 2 N–H and O–H groups in total. The van der Waals surface area contributed by atoms with Crippen LogP contribution in [0.3, 0.4) is 0 Å². The highest BCUT2D eigenvalue weighted by Crippen LogP contribution is 2.29. The third-order valence-corrected chi connectivity index (χ3v) is 4.94. The lowest BCUT2D eigenvalue weighted by Gasteiger charge is -2.25. The van der Waals surface area contributed by atoms with Crippen molar-refractivity contribution in [3.8, 4) is 0 Å². The molecular weight excluding hydrogens is 248 g/mol. The van der Waals surface area contributed by atoms with E-state index in [-0.39, 0.29) is 11.9 Å². The average molecular weight is 272 g/mol. The van der Waals surface area contributed by atoms with E-state index in [0.717, 1.165) is 25.3 Å². The van der Waals surface area contributed by atoms with Crippen LogP contribution < -0.4 is 10.6 Å². The summed E-state index contributed by atoms with van der Waals surface area (Å²) in [5, 5.41) is 7.15. The second kappa shape index (κ2) is 7.36. The van der Waals surface area contributed by atoms with E-state index in [1.54, 1.807) is 0 Å². The van der Waals surface area contributed by atoms with Crippen molar-refractivity contribution in [2.45, 2.75) is 49.9 Å². The number of hydrogen-bond donors (Lipinski definition) is 2. The van der Waals surface area contributed by atoms with Crippen LogP contribution in [0.25, 0.3) is 0 Å². The van der Waals surface area contributed by atoms with Gasteiger partial charge in [0.1, 0.15) is 0 Å². The molecule has 5 heteroatoms. The molecule has 1 aliphatic carbocycles. The monoisotopic (exact) mass is 272 g/mol. The Labute approximate surface area is 114 Å². The molecular formula is C13H24N2O2S.